The molecule has 1 fully saturated rings. The number of hydrogen-bond donors (Lipinski definition) is 1. The summed E-state index contributed by atoms with van der Waals surface area (Å²) in [4.78, 5) is 0. The fourth-order valence-electron chi connectivity index (χ4n) is 3.39. The van der Waals surface area contributed by atoms with Crippen molar-refractivity contribution in [1.82, 2.24) is 5.32 Å². The number of nitrogens with one attached hydrogen (secondary N) is 1. The summed E-state index contributed by atoms with van der Waals surface area (Å²) in [5.74, 6) is 0.735. The lowest BCUT2D eigenvalue weighted by Crippen LogP contribution is -2.39. The van der Waals surface area contributed by atoms with Gasteiger partial charge in [-0.3, -0.25) is 0 Å². The van der Waals surface area contributed by atoms with Gasteiger partial charge in [0.1, 0.15) is 0 Å². The van der Waals surface area contributed by atoms with E-state index in [4.69, 9.17) is 0 Å². The molecule has 1 aliphatic rings. The lowest BCUT2D eigenvalue weighted by atomic mass is 9.70. The van der Waals surface area contributed by atoms with Gasteiger partial charge in [-0.15, -0.1) is 0 Å². The number of halogens is 1. The Morgan fingerprint density at radius 3 is 2.50 bits per heavy atom. The van der Waals surface area contributed by atoms with Crippen LogP contribution in [-0.4, -0.2) is 13.1 Å². The Kier molecular flexibility index (Phi) is 6.10. The molecular formula is C18H28BrN. The molecule has 1 nitrogen and oxygen atoms in total. The summed E-state index contributed by atoms with van der Waals surface area (Å²) in [6.07, 6.45) is 8.17. The van der Waals surface area contributed by atoms with Gasteiger partial charge in [-0.05, 0) is 48.8 Å². The molecule has 1 aliphatic carbocycles. The first kappa shape index (κ1) is 16.0. The molecule has 0 atom stereocenters. The van der Waals surface area contributed by atoms with Gasteiger partial charge in [0.25, 0.3) is 0 Å². The number of benzene rings is 1. The minimum absolute atomic E-state index is 0.469. The van der Waals surface area contributed by atoms with Crippen LogP contribution >= 0.6 is 15.9 Å². The maximum absolute atomic E-state index is 3.72. The Labute approximate surface area is 132 Å². The van der Waals surface area contributed by atoms with E-state index in [9.17, 15) is 0 Å². The molecule has 2 rings (SSSR count). The molecular weight excluding hydrogens is 310 g/mol. The summed E-state index contributed by atoms with van der Waals surface area (Å²) < 4.78 is 1.27. The summed E-state index contributed by atoms with van der Waals surface area (Å²) in [6.45, 7) is 6.88. The van der Waals surface area contributed by atoms with E-state index in [0.717, 1.165) is 12.5 Å². The molecule has 112 valence electrons. The van der Waals surface area contributed by atoms with Crippen molar-refractivity contribution in [1.29, 1.82) is 0 Å². The van der Waals surface area contributed by atoms with Crippen LogP contribution in [0.25, 0.3) is 0 Å². The topological polar surface area (TPSA) is 12.0 Å². The van der Waals surface area contributed by atoms with Crippen molar-refractivity contribution in [2.24, 2.45) is 11.3 Å². The molecule has 20 heavy (non-hydrogen) atoms. The molecule has 0 spiro atoms. The van der Waals surface area contributed by atoms with E-state index in [2.05, 4.69) is 59.4 Å². The van der Waals surface area contributed by atoms with E-state index in [1.54, 1.807) is 0 Å². The minimum atomic E-state index is 0.469. The highest BCUT2D eigenvalue weighted by Crippen LogP contribution is 2.40. The fourth-order valence-corrected chi connectivity index (χ4v) is 3.81. The lowest BCUT2D eigenvalue weighted by molar-refractivity contribution is 0.179. The molecule has 0 radical (unpaired) electrons. The van der Waals surface area contributed by atoms with Crippen molar-refractivity contribution >= 4 is 15.9 Å². The predicted octanol–water partition coefficient (Wildman–Crippen LogP) is 5.19. The molecule has 0 saturated heterocycles. The van der Waals surface area contributed by atoms with Crippen LogP contribution in [0.2, 0.25) is 0 Å². The van der Waals surface area contributed by atoms with Gasteiger partial charge in [-0.2, -0.15) is 0 Å². The molecule has 0 aliphatic heterocycles. The standard InChI is InChI=1S/C18H28BrN/c1-15(2)13-20-14-18(10-6-3-7-11-18)12-16-8-4-5-9-17(16)19/h4-5,8-9,15,20H,3,6-7,10-14H2,1-2H3. The molecule has 1 N–H and O–H groups in total. The summed E-state index contributed by atoms with van der Waals surface area (Å²) in [5.41, 5.74) is 1.94. The maximum Gasteiger partial charge on any atom is 0.0207 e. The largest absolute Gasteiger partial charge is 0.316 e. The van der Waals surface area contributed by atoms with Crippen molar-refractivity contribution in [3.63, 3.8) is 0 Å². The predicted molar refractivity (Wildman–Crippen MR) is 91.1 cm³/mol. The highest BCUT2D eigenvalue weighted by Gasteiger charge is 2.32. The van der Waals surface area contributed by atoms with E-state index >= 15 is 0 Å². The van der Waals surface area contributed by atoms with Gasteiger partial charge in [-0.1, -0.05) is 67.2 Å². The van der Waals surface area contributed by atoms with Crippen LogP contribution in [0.15, 0.2) is 28.7 Å². The quantitative estimate of drug-likeness (QED) is 0.753. The molecule has 0 amide bonds. The molecule has 0 heterocycles. The third kappa shape index (κ3) is 4.60. The zero-order valence-corrected chi connectivity index (χ0v) is 14.5. The van der Waals surface area contributed by atoms with Gasteiger partial charge >= 0.3 is 0 Å². The highest BCUT2D eigenvalue weighted by molar-refractivity contribution is 9.10. The Bertz CT molecular complexity index is 408. The Balaban J connectivity index is 2.04. The van der Waals surface area contributed by atoms with Gasteiger partial charge in [0, 0.05) is 11.0 Å². The molecule has 1 aromatic rings. The summed E-state index contributed by atoms with van der Waals surface area (Å²) in [5, 5.41) is 3.72. The van der Waals surface area contributed by atoms with Crippen LogP contribution in [-0.2, 0) is 6.42 Å². The van der Waals surface area contributed by atoms with Crippen molar-refractivity contribution in [2.45, 2.75) is 52.4 Å². The smallest absolute Gasteiger partial charge is 0.0207 e. The molecule has 2 heteroatoms. The van der Waals surface area contributed by atoms with Gasteiger partial charge in [0.05, 0.1) is 0 Å². The third-order valence-corrected chi connectivity index (χ3v) is 5.26. The van der Waals surface area contributed by atoms with Gasteiger partial charge in [-0.25, -0.2) is 0 Å². The molecule has 1 saturated carbocycles. The van der Waals surface area contributed by atoms with E-state index in [0.29, 0.717) is 5.41 Å². The van der Waals surface area contributed by atoms with E-state index in [1.807, 2.05) is 0 Å². The fraction of sp³-hybridized carbons (Fsp3) is 0.667. The van der Waals surface area contributed by atoms with Crippen LogP contribution in [0, 0.1) is 11.3 Å². The van der Waals surface area contributed by atoms with Crippen LogP contribution in [0.3, 0.4) is 0 Å². The van der Waals surface area contributed by atoms with E-state index in [1.165, 1.54) is 55.1 Å². The summed E-state index contributed by atoms with van der Waals surface area (Å²) >= 11 is 3.72. The van der Waals surface area contributed by atoms with Crippen molar-refractivity contribution in [3.8, 4) is 0 Å². The first-order valence-electron chi connectivity index (χ1n) is 8.05. The van der Waals surface area contributed by atoms with Crippen LogP contribution in [0.5, 0.6) is 0 Å². The maximum atomic E-state index is 3.72. The second-order valence-electron chi connectivity index (χ2n) is 6.85. The average Bonchev–Trinajstić information content (AvgIpc) is 2.42. The Hall–Kier alpha value is -0.340. The van der Waals surface area contributed by atoms with E-state index in [-0.39, 0.29) is 0 Å². The summed E-state index contributed by atoms with van der Waals surface area (Å²) in [7, 11) is 0. The van der Waals surface area contributed by atoms with Crippen molar-refractivity contribution in [3.05, 3.63) is 34.3 Å². The first-order valence-corrected chi connectivity index (χ1v) is 8.85. The van der Waals surface area contributed by atoms with Crippen LogP contribution < -0.4 is 5.32 Å². The molecule has 1 aromatic carbocycles. The Morgan fingerprint density at radius 1 is 1.15 bits per heavy atom. The van der Waals surface area contributed by atoms with Crippen LogP contribution in [0.4, 0.5) is 0 Å². The average molecular weight is 338 g/mol. The second kappa shape index (κ2) is 7.61. The Morgan fingerprint density at radius 2 is 1.85 bits per heavy atom. The SMILES string of the molecule is CC(C)CNCC1(Cc2ccccc2Br)CCCCC1. The van der Waals surface area contributed by atoms with Gasteiger partial charge in [0.2, 0.25) is 0 Å². The zero-order chi connectivity index (χ0) is 14.4. The molecule has 0 bridgehead atoms. The normalized spacial score (nSPS) is 18.4. The first-order chi connectivity index (χ1) is 9.61. The second-order valence-corrected chi connectivity index (χ2v) is 7.71. The van der Waals surface area contributed by atoms with Crippen molar-refractivity contribution < 1.29 is 0 Å². The third-order valence-electron chi connectivity index (χ3n) is 4.49. The summed E-state index contributed by atoms with van der Waals surface area (Å²) in [6, 6.07) is 8.73. The lowest BCUT2D eigenvalue weighted by Gasteiger charge is -2.38. The highest BCUT2D eigenvalue weighted by atomic mass is 79.9. The molecule has 0 unspecified atom stereocenters. The zero-order valence-electron chi connectivity index (χ0n) is 12.9. The van der Waals surface area contributed by atoms with Gasteiger partial charge < -0.3 is 5.32 Å². The molecule has 0 aromatic heterocycles. The van der Waals surface area contributed by atoms with Crippen LogP contribution in [0.1, 0.15) is 51.5 Å². The van der Waals surface area contributed by atoms with Gasteiger partial charge in [0.15, 0.2) is 0 Å². The monoisotopic (exact) mass is 337 g/mol. The van der Waals surface area contributed by atoms with E-state index < -0.39 is 0 Å². The van der Waals surface area contributed by atoms with Crippen molar-refractivity contribution in [2.75, 3.05) is 13.1 Å². The number of hydrogen-bond acceptors (Lipinski definition) is 1. The number of rotatable bonds is 6. The minimum Gasteiger partial charge on any atom is -0.316 e.